The van der Waals surface area contributed by atoms with Gasteiger partial charge in [0.1, 0.15) is 0 Å². The van der Waals surface area contributed by atoms with Gasteiger partial charge in [0.2, 0.25) is 7.29 Å². The fourth-order valence-electron chi connectivity index (χ4n) is 2.56. The number of allylic oxidation sites excluding steroid dienone is 1. The quantitative estimate of drug-likeness (QED) is 0.468. The van der Waals surface area contributed by atoms with Crippen LogP contribution in [0.2, 0.25) is 0 Å². The summed E-state index contributed by atoms with van der Waals surface area (Å²) in [5, 5.41) is 1.49. The first-order valence-corrected chi connectivity index (χ1v) is 9.86. The molecular formula is C22H20NOP. The van der Waals surface area contributed by atoms with Crippen molar-refractivity contribution < 1.29 is 4.57 Å². The normalized spacial score (nSPS) is 12.4. The minimum Gasteiger partial charge on any atom is -0.288 e. The van der Waals surface area contributed by atoms with Gasteiger partial charge in [-0.25, -0.2) is 4.76 Å². The minimum atomic E-state index is -3.06. The summed E-state index contributed by atoms with van der Waals surface area (Å²) in [7, 11) is -3.06. The van der Waals surface area contributed by atoms with Crippen LogP contribution in [0, 0.1) is 0 Å². The van der Waals surface area contributed by atoms with Crippen molar-refractivity contribution in [1.29, 1.82) is 0 Å². The molecule has 0 N–H and O–H groups in total. The lowest BCUT2D eigenvalue weighted by atomic mass is 10.2. The Morgan fingerprint density at radius 1 is 0.760 bits per heavy atom. The Kier molecular flexibility index (Phi) is 5.42. The summed E-state index contributed by atoms with van der Waals surface area (Å²) >= 11 is 0. The van der Waals surface area contributed by atoms with E-state index in [4.69, 9.17) is 0 Å². The summed E-state index contributed by atoms with van der Waals surface area (Å²) in [4.78, 5) is 0. The van der Waals surface area contributed by atoms with E-state index in [0.29, 0.717) is 0 Å². The molecule has 0 spiro atoms. The van der Waals surface area contributed by atoms with E-state index in [1.54, 1.807) is 0 Å². The molecule has 0 saturated heterocycles. The zero-order valence-electron chi connectivity index (χ0n) is 14.1. The summed E-state index contributed by atoms with van der Waals surface area (Å²) in [6.45, 7) is 1.89. The highest BCUT2D eigenvalue weighted by atomic mass is 31.2. The molecule has 0 radical (unpaired) electrons. The van der Waals surface area contributed by atoms with E-state index in [-0.39, 0.29) is 0 Å². The van der Waals surface area contributed by atoms with Crippen molar-refractivity contribution in [3.63, 3.8) is 0 Å². The molecule has 0 atom stereocenters. The molecular weight excluding hydrogens is 325 g/mol. The van der Waals surface area contributed by atoms with Crippen molar-refractivity contribution in [3.8, 4) is 0 Å². The van der Waals surface area contributed by atoms with Gasteiger partial charge < -0.3 is 0 Å². The molecule has 0 unspecified atom stereocenters. The van der Waals surface area contributed by atoms with Gasteiger partial charge in [-0.3, -0.25) is 4.57 Å². The molecule has 0 aliphatic carbocycles. The first kappa shape index (κ1) is 17.1. The predicted octanol–water partition coefficient (Wildman–Crippen LogP) is 5.09. The Bertz CT molecular complexity index is 873. The van der Waals surface area contributed by atoms with E-state index in [1.807, 2.05) is 110 Å². The molecule has 0 heterocycles. The van der Waals surface area contributed by atoms with Gasteiger partial charge in [-0.05, 0) is 42.8 Å². The molecule has 0 aliphatic rings. The van der Waals surface area contributed by atoms with Crippen LogP contribution in [0.4, 0.5) is 0 Å². The number of nitrogens with zero attached hydrogens (tertiary/aromatic N) is 1. The lowest BCUT2D eigenvalue weighted by Gasteiger charge is -2.15. The second kappa shape index (κ2) is 7.92. The van der Waals surface area contributed by atoms with Crippen LogP contribution >= 0.6 is 7.29 Å². The molecule has 124 valence electrons. The van der Waals surface area contributed by atoms with Crippen LogP contribution in [0.15, 0.2) is 102 Å². The van der Waals surface area contributed by atoms with Gasteiger partial charge in [0.25, 0.3) is 0 Å². The average molecular weight is 345 g/mol. The molecule has 2 nitrogen and oxygen atoms in total. The van der Waals surface area contributed by atoms with E-state index in [2.05, 4.69) is 4.76 Å². The Balaban J connectivity index is 2.01. The summed E-state index contributed by atoms with van der Waals surface area (Å²) in [5.74, 6) is 0. The molecule has 0 amide bonds. The van der Waals surface area contributed by atoms with E-state index < -0.39 is 7.29 Å². The predicted molar refractivity (Wildman–Crippen MR) is 108 cm³/mol. The van der Waals surface area contributed by atoms with Gasteiger partial charge >= 0.3 is 0 Å². The lowest BCUT2D eigenvalue weighted by molar-refractivity contribution is 0.588. The summed E-state index contributed by atoms with van der Waals surface area (Å²) in [6, 6.07) is 29.0. The highest BCUT2D eigenvalue weighted by Crippen LogP contribution is 2.45. The van der Waals surface area contributed by atoms with Crippen LogP contribution in [-0.4, -0.2) is 5.71 Å². The average Bonchev–Trinajstić information content (AvgIpc) is 2.68. The van der Waals surface area contributed by atoms with Crippen LogP contribution in [0.1, 0.15) is 12.5 Å². The largest absolute Gasteiger partial charge is 0.288 e. The van der Waals surface area contributed by atoms with E-state index >= 15 is 0 Å². The van der Waals surface area contributed by atoms with Crippen molar-refractivity contribution in [2.75, 3.05) is 0 Å². The Morgan fingerprint density at radius 3 is 1.68 bits per heavy atom. The molecule has 3 aromatic rings. The van der Waals surface area contributed by atoms with Crippen molar-refractivity contribution in [3.05, 3.63) is 103 Å². The Morgan fingerprint density at radius 2 is 1.20 bits per heavy atom. The molecule has 0 bridgehead atoms. The summed E-state index contributed by atoms with van der Waals surface area (Å²) in [5.41, 5.74) is 1.83. The second-order valence-electron chi connectivity index (χ2n) is 5.73. The SMILES string of the molecule is CC(/C=C/c1ccccc1)=N\P(=O)(c1ccccc1)c1ccccc1. The van der Waals surface area contributed by atoms with E-state index in [9.17, 15) is 4.57 Å². The second-order valence-corrected chi connectivity index (χ2v) is 8.12. The molecule has 0 fully saturated rings. The maximum absolute atomic E-state index is 13.8. The topological polar surface area (TPSA) is 29.4 Å². The number of hydrogen-bond donors (Lipinski definition) is 0. The van der Waals surface area contributed by atoms with Crippen LogP contribution < -0.4 is 10.6 Å². The molecule has 3 heteroatoms. The smallest absolute Gasteiger partial charge is 0.247 e. The molecule has 0 saturated carbocycles. The van der Waals surface area contributed by atoms with E-state index in [1.165, 1.54) is 0 Å². The highest BCUT2D eigenvalue weighted by Gasteiger charge is 2.26. The van der Waals surface area contributed by atoms with Crippen molar-refractivity contribution in [2.45, 2.75) is 6.92 Å². The third-order valence-electron chi connectivity index (χ3n) is 3.83. The van der Waals surface area contributed by atoms with E-state index in [0.717, 1.165) is 21.9 Å². The van der Waals surface area contributed by atoms with Crippen molar-refractivity contribution in [2.24, 2.45) is 4.76 Å². The molecule has 0 aliphatic heterocycles. The third-order valence-corrected chi connectivity index (χ3v) is 6.42. The standard InChI is InChI=1S/C22H20NOP/c1-19(17-18-20-11-5-2-6-12-20)23-25(24,21-13-7-3-8-14-21)22-15-9-4-10-16-22/h2-18H,1H3/b18-17+,23-19+. The zero-order chi connectivity index (χ0) is 17.5. The molecule has 3 rings (SSSR count). The summed E-state index contributed by atoms with van der Waals surface area (Å²) < 4.78 is 18.5. The minimum absolute atomic E-state index is 0.736. The first-order chi connectivity index (χ1) is 12.2. The van der Waals surface area contributed by atoms with Crippen LogP contribution in [0.5, 0.6) is 0 Å². The van der Waals surface area contributed by atoms with Crippen molar-refractivity contribution >= 4 is 29.7 Å². The summed E-state index contributed by atoms with van der Waals surface area (Å²) in [6.07, 6.45) is 3.90. The van der Waals surface area contributed by atoms with Crippen LogP contribution in [0.25, 0.3) is 6.08 Å². The lowest BCUT2D eigenvalue weighted by Crippen LogP contribution is -2.15. The maximum atomic E-state index is 13.8. The number of hydrogen-bond acceptors (Lipinski definition) is 1. The van der Waals surface area contributed by atoms with Gasteiger partial charge in [0.05, 0.1) is 0 Å². The maximum Gasteiger partial charge on any atom is 0.247 e. The van der Waals surface area contributed by atoms with Gasteiger partial charge in [0.15, 0.2) is 0 Å². The highest BCUT2D eigenvalue weighted by molar-refractivity contribution is 7.77. The first-order valence-electron chi connectivity index (χ1n) is 8.20. The van der Waals surface area contributed by atoms with Gasteiger partial charge in [-0.1, -0.05) is 72.8 Å². The Hall–Kier alpha value is -2.70. The fraction of sp³-hybridized carbons (Fsp3) is 0.0455. The number of rotatable bonds is 5. The molecule has 0 aromatic heterocycles. The zero-order valence-corrected chi connectivity index (χ0v) is 15.0. The van der Waals surface area contributed by atoms with Gasteiger partial charge in [-0.2, -0.15) is 0 Å². The molecule has 3 aromatic carbocycles. The number of benzene rings is 3. The molecule has 25 heavy (non-hydrogen) atoms. The van der Waals surface area contributed by atoms with Crippen LogP contribution in [0.3, 0.4) is 0 Å². The van der Waals surface area contributed by atoms with Crippen LogP contribution in [-0.2, 0) is 4.57 Å². The Labute approximate surface area is 149 Å². The van der Waals surface area contributed by atoms with Gasteiger partial charge in [0, 0.05) is 16.3 Å². The van der Waals surface area contributed by atoms with Gasteiger partial charge in [-0.15, -0.1) is 0 Å². The van der Waals surface area contributed by atoms with Crippen molar-refractivity contribution in [1.82, 2.24) is 0 Å². The third kappa shape index (κ3) is 4.23. The fourth-order valence-corrected chi connectivity index (χ4v) is 4.75. The monoisotopic (exact) mass is 345 g/mol.